The van der Waals surface area contributed by atoms with Crippen LogP contribution in [0.25, 0.3) is 0 Å². The fraction of sp³-hybridized carbons (Fsp3) is 0.731. The summed E-state index contributed by atoms with van der Waals surface area (Å²) in [5.41, 5.74) is -4.82. The van der Waals surface area contributed by atoms with Crippen LogP contribution in [0.2, 0.25) is 0 Å². The van der Waals surface area contributed by atoms with Crippen molar-refractivity contribution in [3.63, 3.8) is 0 Å². The Kier molecular flexibility index (Phi) is 4.96. The Morgan fingerprint density at radius 3 is 2.62 bits per heavy atom. The van der Waals surface area contributed by atoms with Crippen molar-refractivity contribution in [2.24, 2.45) is 22.7 Å². The Morgan fingerprint density at radius 1 is 1.24 bits per heavy atom. The number of carbonyl (C=O) groups excluding carboxylic acids is 3. The maximum absolute atomic E-state index is 17.3. The van der Waals surface area contributed by atoms with E-state index in [1.165, 1.54) is 19.1 Å². The SMILES string of the molecule is CC(=O)OCC(=O)[C@@]12OC(C)(C)O[C@@H]1C[C@H]1[C@@H]3CCC4=CC(=O)C=C[C@@]4(C)[C@@]3(F)[C@@H](O)C[C@]12C. The van der Waals surface area contributed by atoms with Gasteiger partial charge in [0.2, 0.25) is 5.78 Å². The lowest BCUT2D eigenvalue weighted by molar-refractivity contribution is -0.246. The van der Waals surface area contributed by atoms with Gasteiger partial charge in [-0.1, -0.05) is 18.6 Å². The van der Waals surface area contributed by atoms with Crippen molar-refractivity contribution < 1.29 is 38.1 Å². The number of carbonyl (C=O) groups is 3. The third-order valence-corrected chi connectivity index (χ3v) is 9.45. The van der Waals surface area contributed by atoms with Crippen molar-refractivity contribution in [3.05, 3.63) is 23.8 Å². The molecule has 5 aliphatic rings. The fourth-order valence-corrected chi connectivity index (χ4v) is 8.08. The van der Waals surface area contributed by atoms with Crippen LogP contribution >= 0.6 is 0 Å². The standard InChI is InChI=1S/C26H33FO7/c1-14(28)32-13-20(31)26-21(33-22(2,3)34-26)11-18-17-7-6-15-10-16(29)8-9-23(15,4)25(17,27)19(30)12-24(18,26)5/h8-10,17-19,21,30H,6-7,11-13H2,1-5H3/t17-,18-,19-,21+,23+,24+,25-,26+/m0/s1. The molecule has 0 bridgehead atoms. The minimum atomic E-state index is -2.01. The second-order valence-corrected chi connectivity index (χ2v) is 11.5. The molecule has 3 saturated carbocycles. The van der Waals surface area contributed by atoms with E-state index in [1.807, 2.05) is 6.92 Å². The van der Waals surface area contributed by atoms with Gasteiger partial charge in [-0.05, 0) is 64.5 Å². The van der Waals surface area contributed by atoms with E-state index in [1.54, 1.807) is 26.8 Å². The highest BCUT2D eigenvalue weighted by Crippen LogP contribution is 2.72. The molecule has 7 nitrogen and oxygen atoms in total. The number of hydrogen-bond donors (Lipinski definition) is 1. The molecule has 0 unspecified atom stereocenters. The number of ketones is 2. The third-order valence-electron chi connectivity index (χ3n) is 9.45. The van der Waals surface area contributed by atoms with Crippen LogP contribution in [0.3, 0.4) is 0 Å². The second kappa shape index (κ2) is 7.08. The summed E-state index contributed by atoms with van der Waals surface area (Å²) in [6.07, 6.45) is 3.81. The summed E-state index contributed by atoms with van der Waals surface area (Å²) in [5, 5.41) is 11.5. The van der Waals surface area contributed by atoms with E-state index in [4.69, 9.17) is 14.2 Å². The van der Waals surface area contributed by atoms with Crippen LogP contribution < -0.4 is 0 Å². The quantitative estimate of drug-likeness (QED) is 0.625. The number of allylic oxidation sites excluding steroid dienone is 4. The monoisotopic (exact) mass is 476 g/mol. The van der Waals surface area contributed by atoms with Gasteiger partial charge in [0, 0.05) is 23.7 Å². The molecule has 0 amide bonds. The van der Waals surface area contributed by atoms with E-state index in [0.29, 0.717) is 24.8 Å². The summed E-state index contributed by atoms with van der Waals surface area (Å²) in [6.45, 7) is 7.86. The van der Waals surface area contributed by atoms with Gasteiger partial charge in [0.25, 0.3) is 0 Å². The predicted octanol–water partition coefficient (Wildman–Crippen LogP) is 2.99. The van der Waals surface area contributed by atoms with Gasteiger partial charge in [0.1, 0.15) is 0 Å². The molecule has 1 aliphatic heterocycles. The number of ether oxygens (including phenoxy) is 3. The molecule has 5 rings (SSSR count). The molecule has 0 aromatic carbocycles. The topological polar surface area (TPSA) is 99.1 Å². The van der Waals surface area contributed by atoms with E-state index < -0.39 is 64.4 Å². The van der Waals surface area contributed by atoms with Gasteiger partial charge in [-0.3, -0.25) is 14.4 Å². The highest BCUT2D eigenvalue weighted by molar-refractivity contribution is 6.01. The van der Waals surface area contributed by atoms with Gasteiger partial charge in [0.05, 0.1) is 12.2 Å². The Hall–Kier alpha value is -1.90. The Balaban J connectivity index is 1.60. The normalized spacial score (nSPS) is 48.3. The predicted molar refractivity (Wildman–Crippen MR) is 118 cm³/mol. The average molecular weight is 477 g/mol. The zero-order valence-electron chi connectivity index (χ0n) is 20.4. The molecule has 1 saturated heterocycles. The highest BCUT2D eigenvalue weighted by atomic mass is 19.1. The summed E-state index contributed by atoms with van der Waals surface area (Å²) >= 11 is 0. The van der Waals surface area contributed by atoms with Crippen LogP contribution in [0.1, 0.15) is 60.3 Å². The lowest BCUT2D eigenvalue weighted by Crippen LogP contribution is -2.70. The molecule has 4 fully saturated rings. The number of aliphatic hydroxyl groups is 1. The molecule has 0 spiro atoms. The van der Waals surface area contributed by atoms with Crippen molar-refractivity contribution >= 4 is 17.5 Å². The Morgan fingerprint density at radius 2 is 1.94 bits per heavy atom. The number of alkyl halides is 1. The molecule has 0 radical (unpaired) electrons. The van der Waals surface area contributed by atoms with Crippen LogP contribution in [-0.4, -0.2) is 58.5 Å². The molecular formula is C26H33FO7. The molecule has 4 aliphatic carbocycles. The first kappa shape index (κ1) is 23.8. The minimum Gasteiger partial charge on any atom is -0.458 e. The molecule has 8 atom stereocenters. The number of hydrogen-bond acceptors (Lipinski definition) is 7. The molecule has 0 aromatic heterocycles. The number of esters is 1. The third kappa shape index (κ3) is 2.76. The first-order chi connectivity index (χ1) is 15.7. The lowest BCUT2D eigenvalue weighted by Gasteiger charge is -2.62. The van der Waals surface area contributed by atoms with E-state index in [2.05, 4.69) is 0 Å². The smallest absolute Gasteiger partial charge is 0.303 e. The van der Waals surface area contributed by atoms with Crippen molar-refractivity contribution in [3.8, 4) is 0 Å². The van der Waals surface area contributed by atoms with E-state index in [0.717, 1.165) is 0 Å². The molecule has 34 heavy (non-hydrogen) atoms. The van der Waals surface area contributed by atoms with E-state index in [-0.39, 0.29) is 18.1 Å². The fourth-order valence-electron chi connectivity index (χ4n) is 8.08. The van der Waals surface area contributed by atoms with E-state index >= 15 is 4.39 Å². The van der Waals surface area contributed by atoms with Crippen molar-refractivity contribution in [2.45, 2.75) is 89.6 Å². The van der Waals surface area contributed by atoms with E-state index in [9.17, 15) is 19.5 Å². The van der Waals surface area contributed by atoms with Crippen molar-refractivity contribution in [1.29, 1.82) is 0 Å². The molecule has 1 N–H and O–H groups in total. The zero-order valence-corrected chi connectivity index (χ0v) is 20.4. The van der Waals surface area contributed by atoms with Gasteiger partial charge in [0.15, 0.2) is 29.4 Å². The first-order valence-electron chi connectivity index (χ1n) is 12.1. The number of halogens is 1. The van der Waals surface area contributed by atoms with Crippen LogP contribution in [-0.2, 0) is 28.6 Å². The minimum absolute atomic E-state index is 0.0168. The Labute approximate surface area is 198 Å². The zero-order chi connectivity index (χ0) is 24.9. The summed E-state index contributed by atoms with van der Waals surface area (Å²) in [7, 11) is 0. The largest absolute Gasteiger partial charge is 0.458 e. The number of Topliss-reactive ketones (excluding diaryl/α,β-unsaturated/α-hetero) is 1. The number of fused-ring (bicyclic) bond motifs is 7. The maximum atomic E-state index is 17.3. The second-order valence-electron chi connectivity index (χ2n) is 11.5. The van der Waals surface area contributed by atoms with Crippen LogP contribution in [0.15, 0.2) is 23.8 Å². The summed E-state index contributed by atoms with van der Waals surface area (Å²) < 4.78 is 34.9. The average Bonchev–Trinajstić information content (AvgIpc) is 3.14. The Bertz CT molecular complexity index is 1030. The van der Waals surface area contributed by atoms with Crippen LogP contribution in [0, 0.1) is 22.7 Å². The van der Waals surface area contributed by atoms with Gasteiger partial charge < -0.3 is 19.3 Å². The highest BCUT2D eigenvalue weighted by Gasteiger charge is 2.80. The van der Waals surface area contributed by atoms with Gasteiger partial charge in [-0.25, -0.2) is 4.39 Å². The summed E-state index contributed by atoms with van der Waals surface area (Å²) in [5.74, 6) is -3.11. The number of rotatable bonds is 3. The maximum Gasteiger partial charge on any atom is 0.303 e. The molecule has 186 valence electrons. The summed E-state index contributed by atoms with van der Waals surface area (Å²) in [4.78, 5) is 37.1. The molecule has 8 heteroatoms. The molecular weight excluding hydrogens is 443 g/mol. The van der Waals surface area contributed by atoms with Crippen LogP contribution in [0.4, 0.5) is 4.39 Å². The van der Waals surface area contributed by atoms with Gasteiger partial charge in [-0.2, -0.15) is 0 Å². The number of aliphatic hydroxyl groups excluding tert-OH is 1. The van der Waals surface area contributed by atoms with Gasteiger partial charge in [-0.15, -0.1) is 0 Å². The summed E-state index contributed by atoms with van der Waals surface area (Å²) in [6, 6.07) is 0. The lowest BCUT2D eigenvalue weighted by atomic mass is 9.44. The van der Waals surface area contributed by atoms with Crippen molar-refractivity contribution in [1.82, 2.24) is 0 Å². The molecule has 1 heterocycles. The first-order valence-corrected chi connectivity index (χ1v) is 12.1. The molecule has 0 aromatic rings. The van der Waals surface area contributed by atoms with Crippen LogP contribution in [0.5, 0.6) is 0 Å². The van der Waals surface area contributed by atoms with Crippen molar-refractivity contribution in [2.75, 3.05) is 6.61 Å². The van der Waals surface area contributed by atoms with Gasteiger partial charge >= 0.3 is 5.97 Å².